The summed E-state index contributed by atoms with van der Waals surface area (Å²) in [7, 11) is 3.26. The lowest BCUT2D eigenvalue weighted by Crippen LogP contribution is -2.41. The number of methoxy groups -OCH3 is 2. The van der Waals surface area contributed by atoms with Crippen molar-refractivity contribution in [3.63, 3.8) is 0 Å². The molecule has 3 aromatic rings. The van der Waals surface area contributed by atoms with Crippen LogP contribution in [0.25, 0.3) is 0 Å². The molecule has 1 heterocycles. The molecule has 0 spiro atoms. The fourth-order valence-corrected chi connectivity index (χ4v) is 3.94. The van der Waals surface area contributed by atoms with E-state index in [0.29, 0.717) is 18.0 Å². The fraction of sp³-hybridized carbons (Fsp3) is 0.240. The van der Waals surface area contributed by atoms with Crippen molar-refractivity contribution in [3.8, 4) is 11.5 Å². The first kappa shape index (κ1) is 19.8. The molecule has 0 radical (unpaired) electrons. The number of hydrogen-bond acceptors (Lipinski definition) is 4. The van der Waals surface area contributed by atoms with Crippen molar-refractivity contribution in [2.24, 2.45) is 0 Å². The molecule has 1 unspecified atom stereocenters. The maximum absolute atomic E-state index is 13.1. The van der Waals surface area contributed by atoms with Gasteiger partial charge < -0.3 is 14.2 Å². The highest BCUT2D eigenvalue weighted by atomic mass is 16.6. The van der Waals surface area contributed by atoms with Crippen LogP contribution < -0.4 is 9.47 Å². The van der Waals surface area contributed by atoms with Crippen LogP contribution in [0.15, 0.2) is 72.8 Å². The number of amides is 1. The van der Waals surface area contributed by atoms with Gasteiger partial charge in [0.2, 0.25) is 0 Å². The number of nitrogens with zero attached hydrogens (tertiary/aromatic N) is 1. The quantitative estimate of drug-likeness (QED) is 0.602. The van der Waals surface area contributed by atoms with Gasteiger partial charge in [-0.3, -0.25) is 4.90 Å². The number of carbonyl (C=O) groups excluding carboxylic acids is 1. The molecule has 0 saturated heterocycles. The summed E-state index contributed by atoms with van der Waals surface area (Å²) in [5, 5.41) is 0. The first-order valence-corrected chi connectivity index (χ1v) is 9.98. The van der Waals surface area contributed by atoms with Crippen LogP contribution in [0.4, 0.5) is 4.79 Å². The van der Waals surface area contributed by atoms with Crippen LogP contribution in [-0.2, 0) is 17.8 Å². The third kappa shape index (κ3) is 3.96. The molecular weight excluding hydrogens is 378 g/mol. The molecule has 1 amide bonds. The second-order valence-corrected chi connectivity index (χ2v) is 7.20. The smallest absolute Gasteiger partial charge is 0.410 e. The lowest BCUT2D eigenvalue weighted by Gasteiger charge is -2.37. The predicted molar refractivity (Wildman–Crippen MR) is 115 cm³/mol. The second kappa shape index (κ2) is 8.91. The average Bonchev–Trinajstić information content (AvgIpc) is 2.82. The normalized spacial score (nSPS) is 15.3. The predicted octanol–water partition coefficient (Wildman–Crippen LogP) is 4.99. The average molecular weight is 403 g/mol. The van der Waals surface area contributed by atoms with E-state index in [9.17, 15) is 4.79 Å². The van der Waals surface area contributed by atoms with E-state index in [4.69, 9.17) is 14.2 Å². The minimum Gasteiger partial charge on any atom is -0.493 e. The van der Waals surface area contributed by atoms with E-state index in [1.54, 1.807) is 19.1 Å². The highest BCUT2D eigenvalue weighted by Gasteiger charge is 2.34. The minimum absolute atomic E-state index is 0.247. The number of ether oxygens (including phenoxy) is 3. The summed E-state index contributed by atoms with van der Waals surface area (Å²) in [4.78, 5) is 14.9. The van der Waals surface area contributed by atoms with Crippen LogP contribution in [0.2, 0.25) is 0 Å². The highest BCUT2D eigenvalue weighted by molar-refractivity contribution is 5.70. The van der Waals surface area contributed by atoms with Crippen molar-refractivity contribution in [1.29, 1.82) is 0 Å². The van der Waals surface area contributed by atoms with Crippen molar-refractivity contribution in [3.05, 3.63) is 95.1 Å². The van der Waals surface area contributed by atoms with E-state index in [0.717, 1.165) is 28.7 Å². The summed E-state index contributed by atoms with van der Waals surface area (Å²) in [6.45, 7) is 0.812. The van der Waals surface area contributed by atoms with Crippen molar-refractivity contribution in [1.82, 2.24) is 4.90 Å². The molecule has 4 rings (SSSR count). The van der Waals surface area contributed by atoms with E-state index >= 15 is 0 Å². The zero-order chi connectivity index (χ0) is 20.9. The van der Waals surface area contributed by atoms with Crippen LogP contribution in [-0.4, -0.2) is 31.8 Å². The molecule has 3 aromatic carbocycles. The third-order valence-electron chi connectivity index (χ3n) is 5.43. The lowest BCUT2D eigenvalue weighted by atomic mass is 9.88. The maximum atomic E-state index is 13.1. The molecule has 1 atom stereocenters. The Hall–Kier alpha value is -3.47. The van der Waals surface area contributed by atoms with Gasteiger partial charge in [0.1, 0.15) is 6.61 Å². The van der Waals surface area contributed by atoms with Gasteiger partial charge in [0.25, 0.3) is 0 Å². The molecule has 30 heavy (non-hydrogen) atoms. The summed E-state index contributed by atoms with van der Waals surface area (Å²) in [6, 6.07) is 23.5. The number of benzene rings is 3. The minimum atomic E-state index is -0.326. The van der Waals surface area contributed by atoms with Crippen LogP contribution in [0.3, 0.4) is 0 Å². The largest absolute Gasteiger partial charge is 0.493 e. The number of carbonyl (C=O) groups is 1. The van der Waals surface area contributed by atoms with Gasteiger partial charge in [0.15, 0.2) is 11.5 Å². The van der Waals surface area contributed by atoms with Gasteiger partial charge in [-0.15, -0.1) is 0 Å². The molecule has 0 aromatic heterocycles. The topological polar surface area (TPSA) is 48.0 Å². The summed E-state index contributed by atoms with van der Waals surface area (Å²) in [5.74, 6) is 1.35. The summed E-state index contributed by atoms with van der Waals surface area (Å²) in [6.07, 6.45) is 0.396. The third-order valence-corrected chi connectivity index (χ3v) is 5.43. The molecule has 0 N–H and O–H groups in total. The van der Waals surface area contributed by atoms with Gasteiger partial charge >= 0.3 is 6.09 Å². The molecule has 154 valence electrons. The first-order valence-electron chi connectivity index (χ1n) is 9.98. The Labute approximate surface area is 176 Å². The number of hydrogen-bond donors (Lipinski definition) is 0. The SMILES string of the molecule is COc1cc2c(cc1OC)C(c1ccccc1)N(C(=O)OCc1ccccc1)CC2. The zero-order valence-corrected chi connectivity index (χ0v) is 17.2. The van der Waals surface area contributed by atoms with E-state index in [1.807, 2.05) is 72.8 Å². The first-order chi connectivity index (χ1) is 14.7. The maximum Gasteiger partial charge on any atom is 0.410 e. The lowest BCUT2D eigenvalue weighted by molar-refractivity contribution is 0.0836. The van der Waals surface area contributed by atoms with Crippen molar-refractivity contribution in [2.75, 3.05) is 20.8 Å². The Morgan fingerprint density at radius 2 is 1.57 bits per heavy atom. The van der Waals surface area contributed by atoms with Gasteiger partial charge in [0, 0.05) is 6.54 Å². The van der Waals surface area contributed by atoms with E-state index in [1.165, 1.54) is 0 Å². The van der Waals surface area contributed by atoms with E-state index in [2.05, 4.69) is 0 Å². The van der Waals surface area contributed by atoms with Crippen LogP contribution in [0.1, 0.15) is 28.3 Å². The van der Waals surface area contributed by atoms with E-state index < -0.39 is 0 Å². The Bertz CT molecular complexity index is 1000. The molecule has 0 fully saturated rings. The van der Waals surface area contributed by atoms with Crippen molar-refractivity contribution < 1.29 is 19.0 Å². The number of rotatable bonds is 5. The Morgan fingerprint density at radius 1 is 0.933 bits per heavy atom. The van der Waals surface area contributed by atoms with Crippen molar-refractivity contribution in [2.45, 2.75) is 19.1 Å². The van der Waals surface area contributed by atoms with Crippen LogP contribution >= 0.6 is 0 Å². The van der Waals surface area contributed by atoms with Crippen LogP contribution in [0.5, 0.6) is 11.5 Å². The van der Waals surface area contributed by atoms with E-state index in [-0.39, 0.29) is 18.7 Å². The molecule has 0 bridgehead atoms. The molecule has 0 saturated carbocycles. The number of fused-ring (bicyclic) bond motifs is 1. The fourth-order valence-electron chi connectivity index (χ4n) is 3.94. The Kier molecular flexibility index (Phi) is 5.89. The molecule has 1 aliphatic heterocycles. The molecule has 5 nitrogen and oxygen atoms in total. The van der Waals surface area contributed by atoms with Crippen LogP contribution in [0, 0.1) is 0 Å². The van der Waals surface area contributed by atoms with Gasteiger partial charge in [-0.25, -0.2) is 4.79 Å². The second-order valence-electron chi connectivity index (χ2n) is 7.20. The Balaban J connectivity index is 1.68. The standard InChI is InChI=1S/C25H25NO4/c1-28-22-15-20-13-14-26(25(27)30-17-18-9-5-3-6-10-18)24(19-11-7-4-8-12-19)21(20)16-23(22)29-2/h3-12,15-16,24H,13-14,17H2,1-2H3. The van der Waals surface area contributed by atoms with Crippen molar-refractivity contribution >= 4 is 6.09 Å². The summed E-state index contributed by atoms with van der Waals surface area (Å²) in [5.41, 5.74) is 4.17. The summed E-state index contributed by atoms with van der Waals surface area (Å²) >= 11 is 0. The molecule has 5 heteroatoms. The van der Waals surface area contributed by atoms with Gasteiger partial charge in [-0.05, 0) is 40.8 Å². The molecular formula is C25H25NO4. The molecule has 0 aliphatic carbocycles. The monoisotopic (exact) mass is 403 g/mol. The van der Waals surface area contributed by atoms with Gasteiger partial charge in [0.05, 0.1) is 20.3 Å². The highest BCUT2D eigenvalue weighted by Crippen LogP contribution is 2.41. The Morgan fingerprint density at radius 3 is 2.23 bits per heavy atom. The zero-order valence-electron chi connectivity index (χ0n) is 17.2. The summed E-state index contributed by atoms with van der Waals surface area (Å²) < 4.78 is 16.7. The van der Waals surface area contributed by atoms with Gasteiger partial charge in [-0.2, -0.15) is 0 Å². The van der Waals surface area contributed by atoms with Gasteiger partial charge in [-0.1, -0.05) is 60.7 Å². The molecule has 1 aliphatic rings.